The van der Waals surface area contributed by atoms with E-state index in [1.807, 2.05) is 24.6 Å². The van der Waals surface area contributed by atoms with Crippen LogP contribution in [0.25, 0.3) is 11.5 Å². The van der Waals surface area contributed by atoms with E-state index in [2.05, 4.69) is 34.2 Å². The number of aliphatic hydroxyl groups excluding tert-OH is 1. The lowest BCUT2D eigenvalue weighted by atomic mass is 9.95. The van der Waals surface area contributed by atoms with E-state index >= 15 is 0 Å². The molecule has 0 amide bonds. The van der Waals surface area contributed by atoms with Gasteiger partial charge in [-0.25, -0.2) is 14.6 Å². The highest BCUT2D eigenvalue weighted by molar-refractivity contribution is 5.54. The van der Waals surface area contributed by atoms with E-state index < -0.39 is 6.10 Å². The molecule has 0 aliphatic heterocycles. The summed E-state index contributed by atoms with van der Waals surface area (Å²) in [6, 6.07) is 10.4. The molecule has 1 atom stereocenters. The maximum atomic E-state index is 10.1. The molecule has 6 nitrogen and oxygen atoms in total. The van der Waals surface area contributed by atoms with Gasteiger partial charge in [-0.05, 0) is 31.7 Å². The number of aliphatic hydroxyl groups is 1. The lowest BCUT2D eigenvalue weighted by Gasteiger charge is -2.11. The summed E-state index contributed by atoms with van der Waals surface area (Å²) < 4.78 is 1.82. The molecule has 0 unspecified atom stereocenters. The first-order valence-corrected chi connectivity index (χ1v) is 8.83. The number of aromatic amines is 1. The maximum absolute atomic E-state index is 10.1. The van der Waals surface area contributed by atoms with E-state index in [1.165, 1.54) is 5.56 Å². The Morgan fingerprint density at radius 3 is 2.64 bits per heavy atom. The summed E-state index contributed by atoms with van der Waals surface area (Å²) in [7, 11) is 0. The van der Waals surface area contributed by atoms with Crippen LogP contribution in [0.2, 0.25) is 0 Å². The van der Waals surface area contributed by atoms with Gasteiger partial charge in [0.15, 0.2) is 11.6 Å². The lowest BCUT2D eigenvalue weighted by molar-refractivity contribution is 0.145. The van der Waals surface area contributed by atoms with Crippen molar-refractivity contribution in [2.24, 2.45) is 0 Å². The smallest absolute Gasteiger partial charge is 0.179 e. The van der Waals surface area contributed by atoms with Gasteiger partial charge in [0.05, 0.1) is 24.4 Å². The Balaban J connectivity index is 1.79. The molecular formula is C19H23N5O. The van der Waals surface area contributed by atoms with Crippen molar-refractivity contribution >= 4 is 0 Å². The van der Waals surface area contributed by atoms with Gasteiger partial charge in [0.1, 0.15) is 5.69 Å². The molecule has 1 fully saturated rings. The van der Waals surface area contributed by atoms with Crippen molar-refractivity contribution in [3.8, 4) is 11.5 Å². The van der Waals surface area contributed by atoms with Gasteiger partial charge in [-0.1, -0.05) is 37.3 Å². The topological polar surface area (TPSA) is 79.6 Å². The van der Waals surface area contributed by atoms with Crippen LogP contribution in [0.15, 0.2) is 36.7 Å². The van der Waals surface area contributed by atoms with E-state index in [-0.39, 0.29) is 5.41 Å². The number of imidazole rings is 1. The van der Waals surface area contributed by atoms with E-state index in [0.29, 0.717) is 13.0 Å². The Labute approximate surface area is 147 Å². The van der Waals surface area contributed by atoms with Crippen LogP contribution >= 0.6 is 0 Å². The Hall–Kier alpha value is -2.47. The standard InChI is InChI=1S/C19H23N5O/c1-3-15(25)11-24-17(16-13(2)20-12-21-16)22-18(23-24)19(9-10-19)14-7-5-4-6-8-14/h4-8,12,15,25H,3,9-11H2,1-2H3,(H,20,21)/t15-/m1/s1. The van der Waals surface area contributed by atoms with Crippen LogP contribution in [0.4, 0.5) is 0 Å². The van der Waals surface area contributed by atoms with Gasteiger partial charge in [-0.2, -0.15) is 5.10 Å². The van der Waals surface area contributed by atoms with Crippen LogP contribution in [0, 0.1) is 6.92 Å². The Kier molecular flexibility index (Phi) is 3.92. The molecule has 4 rings (SSSR count). The summed E-state index contributed by atoms with van der Waals surface area (Å²) in [6.07, 6.45) is 4.01. The summed E-state index contributed by atoms with van der Waals surface area (Å²) in [4.78, 5) is 12.4. The lowest BCUT2D eigenvalue weighted by Crippen LogP contribution is -2.18. The molecule has 2 heterocycles. The first-order valence-electron chi connectivity index (χ1n) is 8.83. The predicted octanol–water partition coefficient (Wildman–Crippen LogP) is 2.83. The fraction of sp³-hybridized carbons (Fsp3) is 0.421. The molecule has 1 aliphatic rings. The van der Waals surface area contributed by atoms with Crippen molar-refractivity contribution in [1.29, 1.82) is 0 Å². The summed E-state index contributed by atoms with van der Waals surface area (Å²) in [6.45, 7) is 4.37. The van der Waals surface area contributed by atoms with E-state index in [0.717, 1.165) is 35.9 Å². The number of hydrogen-bond donors (Lipinski definition) is 2. The van der Waals surface area contributed by atoms with E-state index in [1.54, 1.807) is 6.33 Å². The minimum Gasteiger partial charge on any atom is -0.391 e. The zero-order chi connectivity index (χ0) is 17.4. The molecule has 1 aliphatic carbocycles. The van der Waals surface area contributed by atoms with Crippen LogP contribution < -0.4 is 0 Å². The highest BCUT2D eigenvalue weighted by atomic mass is 16.3. The SMILES string of the molecule is CC[C@@H](O)Cn1nc(C2(c3ccccc3)CC2)nc1-c1nc[nH]c1C. The molecule has 1 aromatic carbocycles. The molecule has 6 heteroatoms. The molecule has 1 saturated carbocycles. The fourth-order valence-electron chi connectivity index (χ4n) is 3.28. The highest BCUT2D eigenvalue weighted by Gasteiger charge is 2.49. The van der Waals surface area contributed by atoms with E-state index in [4.69, 9.17) is 10.1 Å². The van der Waals surface area contributed by atoms with Gasteiger partial charge in [-0.3, -0.25) is 0 Å². The van der Waals surface area contributed by atoms with Crippen molar-refractivity contribution < 1.29 is 5.11 Å². The van der Waals surface area contributed by atoms with Crippen LogP contribution in [0.1, 0.15) is 43.3 Å². The molecule has 0 bridgehead atoms. The number of aryl methyl sites for hydroxylation is 1. The zero-order valence-corrected chi connectivity index (χ0v) is 14.6. The Morgan fingerprint density at radius 1 is 1.28 bits per heavy atom. The number of aromatic nitrogens is 5. The molecule has 2 aromatic heterocycles. The second kappa shape index (κ2) is 6.11. The number of benzene rings is 1. The van der Waals surface area contributed by atoms with Gasteiger partial charge in [0, 0.05) is 5.69 Å². The third kappa shape index (κ3) is 2.76. The molecule has 0 saturated heterocycles. The molecule has 130 valence electrons. The predicted molar refractivity (Wildman–Crippen MR) is 95.1 cm³/mol. The van der Waals surface area contributed by atoms with Gasteiger partial charge >= 0.3 is 0 Å². The minimum atomic E-state index is -0.445. The van der Waals surface area contributed by atoms with Crippen molar-refractivity contribution in [1.82, 2.24) is 24.7 Å². The Morgan fingerprint density at radius 2 is 2.04 bits per heavy atom. The van der Waals surface area contributed by atoms with Crippen LogP contribution in [-0.4, -0.2) is 35.9 Å². The monoisotopic (exact) mass is 337 g/mol. The largest absolute Gasteiger partial charge is 0.391 e. The first-order chi connectivity index (χ1) is 12.1. The van der Waals surface area contributed by atoms with Crippen LogP contribution in [0.3, 0.4) is 0 Å². The van der Waals surface area contributed by atoms with Gasteiger partial charge in [0.2, 0.25) is 0 Å². The van der Waals surface area contributed by atoms with E-state index in [9.17, 15) is 5.11 Å². The molecule has 3 aromatic rings. The number of nitrogens with one attached hydrogen (secondary N) is 1. The first kappa shape index (κ1) is 16.0. The van der Waals surface area contributed by atoms with Crippen molar-refractivity contribution in [3.05, 3.63) is 53.7 Å². The molecule has 2 N–H and O–H groups in total. The average Bonchev–Trinajstić information content (AvgIpc) is 3.18. The normalized spacial score (nSPS) is 16.8. The number of hydrogen-bond acceptors (Lipinski definition) is 4. The number of nitrogens with zero attached hydrogens (tertiary/aromatic N) is 4. The number of rotatable bonds is 6. The minimum absolute atomic E-state index is 0.0946. The van der Waals surface area contributed by atoms with Gasteiger partial charge < -0.3 is 10.1 Å². The van der Waals surface area contributed by atoms with Crippen molar-refractivity contribution in [2.75, 3.05) is 0 Å². The molecule has 0 spiro atoms. The second-order valence-electron chi connectivity index (χ2n) is 6.83. The Bertz CT molecular complexity index is 863. The second-order valence-corrected chi connectivity index (χ2v) is 6.83. The average molecular weight is 337 g/mol. The summed E-state index contributed by atoms with van der Waals surface area (Å²) in [5.74, 6) is 1.56. The molecular weight excluding hydrogens is 314 g/mol. The van der Waals surface area contributed by atoms with Crippen LogP contribution in [0.5, 0.6) is 0 Å². The quantitative estimate of drug-likeness (QED) is 0.725. The zero-order valence-electron chi connectivity index (χ0n) is 14.6. The van der Waals surface area contributed by atoms with Crippen molar-refractivity contribution in [2.45, 2.75) is 51.2 Å². The molecule has 25 heavy (non-hydrogen) atoms. The molecule has 0 radical (unpaired) electrons. The van der Waals surface area contributed by atoms with Gasteiger partial charge in [0.25, 0.3) is 0 Å². The number of H-pyrrole nitrogens is 1. The summed E-state index contributed by atoms with van der Waals surface area (Å²) in [5.41, 5.74) is 2.91. The fourth-order valence-corrected chi connectivity index (χ4v) is 3.28. The highest BCUT2D eigenvalue weighted by Crippen LogP contribution is 2.52. The third-order valence-corrected chi connectivity index (χ3v) is 5.07. The maximum Gasteiger partial charge on any atom is 0.179 e. The van der Waals surface area contributed by atoms with Crippen molar-refractivity contribution in [3.63, 3.8) is 0 Å². The summed E-state index contributed by atoms with van der Waals surface area (Å²) >= 11 is 0. The third-order valence-electron chi connectivity index (χ3n) is 5.07. The summed E-state index contributed by atoms with van der Waals surface area (Å²) in [5, 5.41) is 14.9. The van der Waals surface area contributed by atoms with Crippen LogP contribution in [-0.2, 0) is 12.0 Å². The van der Waals surface area contributed by atoms with Gasteiger partial charge in [-0.15, -0.1) is 0 Å².